The molecule has 0 unspecified atom stereocenters. The molecule has 2 aromatic carbocycles. The quantitative estimate of drug-likeness (QED) is 0.659. The molecule has 2 rings (SSSR count). The number of rotatable bonds is 5. The van der Waals surface area contributed by atoms with Crippen molar-refractivity contribution in [2.75, 3.05) is 0 Å². The van der Waals surface area contributed by atoms with E-state index in [4.69, 9.17) is 4.74 Å². The van der Waals surface area contributed by atoms with Crippen LogP contribution in [0.4, 0.5) is 0 Å². The van der Waals surface area contributed by atoms with Gasteiger partial charge in [0.1, 0.15) is 11.5 Å². The van der Waals surface area contributed by atoms with Gasteiger partial charge in [0.25, 0.3) is 0 Å². The molecule has 0 saturated carbocycles. The monoisotopic (exact) mass is 284 g/mol. The third kappa shape index (κ3) is 4.09. The lowest BCUT2D eigenvalue weighted by Gasteiger charge is -2.08. The number of esters is 1. The second-order valence-corrected chi connectivity index (χ2v) is 5.14. The van der Waals surface area contributed by atoms with Gasteiger partial charge in [-0.15, -0.1) is 0 Å². The minimum Gasteiger partial charge on any atom is -0.508 e. The van der Waals surface area contributed by atoms with Gasteiger partial charge in [0, 0.05) is 0 Å². The Morgan fingerprint density at radius 1 is 1.14 bits per heavy atom. The summed E-state index contributed by atoms with van der Waals surface area (Å²) in [5.41, 5.74) is 2.40. The number of phenolic OH excluding ortho intramolecular Hbond substituents is 1. The van der Waals surface area contributed by atoms with Crippen LogP contribution in [0.25, 0.3) is 0 Å². The molecule has 0 radical (unpaired) electrons. The van der Waals surface area contributed by atoms with Gasteiger partial charge in [0.05, 0.1) is 5.56 Å². The molecular formula is C18H20O3. The number of aromatic hydroxyl groups is 1. The second kappa shape index (κ2) is 6.93. The van der Waals surface area contributed by atoms with Crippen LogP contribution in [0.1, 0.15) is 41.3 Å². The van der Waals surface area contributed by atoms with Crippen LogP contribution in [0.2, 0.25) is 0 Å². The molecule has 0 spiro atoms. The molecule has 2 aromatic rings. The zero-order valence-corrected chi connectivity index (χ0v) is 12.4. The number of carbonyl (C=O) groups excluding carboxylic acids is 1. The first-order chi connectivity index (χ1) is 10.1. The Balaban J connectivity index is 2.05. The van der Waals surface area contributed by atoms with Crippen molar-refractivity contribution in [2.45, 2.75) is 33.1 Å². The number of ether oxygens (including phenoxy) is 1. The Labute approximate surface area is 125 Å². The fraction of sp³-hybridized carbons (Fsp3) is 0.278. The lowest BCUT2D eigenvalue weighted by Crippen LogP contribution is -2.10. The van der Waals surface area contributed by atoms with E-state index in [2.05, 4.69) is 6.92 Å². The highest BCUT2D eigenvalue weighted by Crippen LogP contribution is 2.19. The molecule has 1 N–H and O–H groups in total. The summed E-state index contributed by atoms with van der Waals surface area (Å²) in [5.74, 6) is 0.269. The fourth-order valence-corrected chi connectivity index (χ4v) is 2.14. The van der Waals surface area contributed by atoms with Crippen molar-refractivity contribution in [3.8, 4) is 11.5 Å². The average molecular weight is 284 g/mol. The van der Waals surface area contributed by atoms with E-state index in [1.54, 1.807) is 19.1 Å². The summed E-state index contributed by atoms with van der Waals surface area (Å²) in [4.78, 5) is 12.1. The summed E-state index contributed by atoms with van der Waals surface area (Å²) in [5, 5.41) is 9.36. The number of phenols is 1. The molecule has 21 heavy (non-hydrogen) atoms. The Morgan fingerprint density at radius 2 is 1.86 bits per heavy atom. The summed E-state index contributed by atoms with van der Waals surface area (Å²) >= 11 is 0. The van der Waals surface area contributed by atoms with Crippen molar-refractivity contribution in [3.05, 3.63) is 59.2 Å². The smallest absolute Gasteiger partial charge is 0.343 e. The summed E-state index contributed by atoms with van der Waals surface area (Å²) < 4.78 is 5.36. The van der Waals surface area contributed by atoms with Gasteiger partial charge in [0.15, 0.2) is 0 Å². The van der Waals surface area contributed by atoms with Gasteiger partial charge in [-0.2, -0.15) is 0 Å². The van der Waals surface area contributed by atoms with E-state index >= 15 is 0 Å². The van der Waals surface area contributed by atoms with Crippen LogP contribution < -0.4 is 4.74 Å². The average Bonchev–Trinajstić information content (AvgIpc) is 2.46. The first-order valence-corrected chi connectivity index (χ1v) is 7.21. The number of benzene rings is 2. The van der Waals surface area contributed by atoms with Gasteiger partial charge < -0.3 is 9.84 Å². The molecule has 0 amide bonds. The van der Waals surface area contributed by atoms with Crippen LogP contribution in [-0.2, 0) is 6.42 Å². The molecule has 0 aliphatic heterocycles. The van der Waals surface area contributed by atoms with Gasteiger partial charge >= 0.3 is 5.97 Å². The highest BCUT2D eigenvalue weighted by Gasteiger charge is 2.12. The van der Waals surface area contributed by atoms with Crippen molar-refractivity contribution < 1.29 is 14.6 Å². The van der Waals surface area contributed by atoms with Crippen LogP contribution >= 0.6 is 0 Å². The standard InChI is InChI=1S/C18H20O3/c1-3-4-5-14-6-9-16(10-7-14)21-18(20)17-11-8-15(19)12-13(17)2/h6-12,19H,3-5H2,1-2H3. The second-order valence-electron chi connectivity index (χ2n) is 5.14. The number of hydrogen-bond donors (Lipinski definition) is 1. The van der Waals surface area contributed by atoms with E-state index < -0.39 is 5.97 Å². The van der Waals surface area contributed by atoms with Crippen LogP contribution in [0.5, 0.6) is 11.5 Å². The number of unbranched alkanes of at least 4 members (excludes halogenated alkanes) is 1. The van der Waals surface area contributed by atoms with Gasteiger partial charge in [-0.05, 0) is 61.2 Å². The minimum absolute atomic E-state index is 0.143. The van der Waals surface area contributed by atoms with E-state index in [1.165, 1.54) is 11.6 Å². The van der Waals surface area contributed by atoms with Crippen LogP contribution in [0.3, 0.4) is 0 Å². The molecule has 0 aliphatic carbocycles. The van der Waals surface area contributed by atoms with Gasteiger partial charge in [-0.25, -0.2) is 4.79 Å². The molecule has 0 aromatic heterocycles. The molecule has 0 bridgehead atoms. The maximum Gasteiger partial charge on any atom is 0.343 e. The van der Waals surface area contributed by atoms with E-state index in [0.29, 0.717) is 16.9 Å². The Morgan fingerprint density at radius 3 is 2.48 bits per heavy atom. The topological polar surface area (TPSA) is 46.5 Å². The lowest BCUT2D eigenvalue weighted by atomic mass is 10.1. The van der Waals surface area contributed by atoms with Gasteiger partial charge in [0.2, 0.25) is 0 Å². The first kappa shape index (κ1) is 15.1. The van der Waals surface area contributed by atoms with E-state index in [1.807, 2.05) is 24.3 Å². The predicted molar refractivity (Wildman–Crippen MR) is 82.9 cm³/mol. The molecule has 0 atom stereocenters. The molecule has 3 nitrogen and oxygen atoms in total. The molecule has 0 fully saturated rings. The molecule has 3 heteroatoms. The molecule has 0 saturated heterocycles. The number of aryl methyl sites for hydroxylation is 2. The molecule has 110 valence electrons. The summed E-state index contributed by atoms with van der Waals surface area (Å²) in [7, 11) is 0. The van der Waals surface area contributed by atoms with Crippen molar-refractivity contribution >= 4 is 5.97 Å². The summed E-state index contributed by atoms with van der Waals surface area (Å²) in [6.45, 7) is 3.93. The fourth-order valence-electron chi connectivity index (χ4n) is 2.14. The van der Waals surface area contributed by atoms with E-state index in [-0.39, 0.29) is 5.75 Å². The minimum atomic E-state index is -0.409. The third-order valence-corrected chi connectivity index (χ3v) is 3.38. The largest absolute Gasteiger partial charge is 0.508 e. The predicted octanol–water partition coefficient (Wildman–Crippen LogP) is 4.26. The van der Waals surface area contributed by atoms with Crippen molar-refractivity contribution in [3.63, 3.8) is 0 Å². The maximum atomic E-state index is 12.1. The van der Waals surface area contributed by atoms with Crippen LogP contribution in [0, 0.1) is 6.92 Å². The zero-order chi connectivity index (χ0) is 15.2. The third-order valence-electron chi connectivity index (χ3n) is 3.38. The van der Waals surface area contributed by atoms with Crippen LogP contribution in [0.15, 0.2) is 42.5 Å². The number of carbonyl (C=O) groups is 1. The van der Waals surface area contributed by atoms with Crippen molar-refractivity contribution in [2.24, 2.45) is 0 Å². The van der Waals surface area contributed by atoms with Gasteiger partial charge in [-0.1, -0.05) is 25.5 Å². The van der Waals surface area contributed by atoms with Crippen molar-refractivity contribution in [1.82, 2.24) is 0 Å². The van der Waals surface area contributed by atoms with Crippen molar-refractivity contribution in [1.29, 1.82) is 0 Å². The van der Waals surface area contributed by atoms with Crippen LogP contribution in [-0.4, -0.2) is 11.1 Å². The van der Waals surface area contributed by atoms with E-state index in [9.17, 15) is 9.90 Å². The first-order valence-electron chi connectivity index (χ1n) is 7.21. The molecule has 0 aliphatic rings. The molecular weight excluding hydrogens is 264 g/mol. The normalized spacial score (nSPS) is 10.4. The van der Waals surface area contributed by atoms with Gasteiger partial charge in [-0.3, -0.25) is 0 Å². The zero-order valence-electron chi connectivity index (χ0n) is 12.4. The molecule has 0 heterocycles. The summed E-state index contributed by atoms with van der Waals surface area (Å²) in [6.07, 6.45) is 3.37. The number of hydrogen-bond acceptors (Lipinski definition) is 3. The lowest BCUT2D eigenvalue weighted by molar-refractivity contribution is 0.0734. The van der Waals surface area contributed by atoms with E-state index in [0.717, 1.165) is 19.3 Å². The highest BCUT2D eigenvalue weighted by atomic mass is 16.5. The summed E-state index contributed by atoms with van der Waals surface area (Å²) in [6, 6.07) is 12.2. The Hall–Kier alpha value is -2.29. The highest BCUT2D eigenvalue weighted by molar-refractivity contribution is 5.92. The SMILES string of the molecule is CCCCc1ccc(OC(=O)c2ccc(O)cc2C)cc1. The Bertz CT molecular complexity index is 615. The maximum absolute atomic E-state index is 12.1. The Kier molecular flexibility index (Phi) is 4.99.